The van der Waals surface area contributed by atoms with E-state index in [9.17, 15) is 4.79 Å². The van der Waals surface area contributed by atoms with Gasteiger partial charge in [-0.05, 0) is 37.6 Å². The smallest absolute Gasteiger partial charge is 0.255 e. The highest BCUT2D eigenvalue weighted by Gasteiger charge is 2.14. The van der Waals surface area contributed by atoms with Gasteiger partial charge in [-0.3, -0.25) is 4.79 Å². The van der Waals surface area contributed by atoms with Crippen LogP contribution in [0, 0.1) is 0 Å². The van der Waals surface area contributed by atoms with Gasteiger partial charge in [0.05, 0.1) is 11.7 Å². The number of carbonyl (C=O) groups excluding carboxylic acids is 1. The molecular weight excluding hydrogens is 330 g/mol. The third-order valence-electron chi connectivity index (χ3n) is 2.84. The van der Waals surface area contributed by atoms with Gasteiger partial charge >= 0.3 is 0 Å². The van der Waals surface area contributed by atoms with Crippen molar-refractivity contribution in [2.45, 2.75) is 26.5 Å². The largest absolute Gasteiger partial charge is 0.490 e. The van der Waals surface area contributed by atoms with Gasteiger partial charge in [0, 0.05) is 11.0 Å². The molecule has 0 radical (unpaired) electrons. The molecular formula is C17H18BrNO2. The minimum absolute atomic E-state index is 0.0202. The summed E-state index contributed by atoms with van der Waals surface area (Å²) in [6, 6.07) is 15.3. The van der Waals surface area contributed by atoms with Crippen LogP contribution in [0.1, 0.15) is 29.8 Å². The monoisotopic (exact) mass is 347 g/mol. The number of halogens is 1. The molecule has 21 heavy (non-hydrogen) atoms. The average molecular weight is 348 g/mol. The minimum atomic E-state index is -0.143. The molecule has 0 aromatic heterocycles. The summed E-state index contributed by atoms with van der Waals surface area (Å²) in [6.07, 6.45) is 0.0202. The van der Waals surface area contributed by atoms with Crippen molar-refractivity contribution in [2.75, 3.05) is 0 Å². The van der Waals surface area contributed by atoms with Crippen LogP contribution < -0.4 is 10.1 Å². The quantitative estimate of drug-likeness (QED) is 0.881. The van der Waals surface area contributed by atoms with Gasteiger partial charge < -0.3 is 10.1 Å². The number of amides is 1. The van der Waals surface area contributed by atoms with Crippen molar-refractivity contribution in [1.29, 1.82) is 0 Å². The molecule has 0 heterocycles. The second kappa shape index (κ2) is 7.27. The predicted octanol–water partition coefficient (Wildman–Crippen LogP) is 4.17. The number of benzene rings is 2. The fraction of sp³-hybridized carbons (Fsp3) is 0.235. The standard InChI is InChI=1S/C17H18BrNO2/c1-12(2)21-16-9-8-14(18)10-15(16)17(20)19-11-13-6-4-3-5-7-13/h3-10,12H,11H2,1-2H3,(H,19,20). The molecule has 1 N–H and O–H groups in total. The molecule has 1 amide bonds. The van der Waals surface area contributed by atoms with Crippen molar-refractivity contribution in [3.63, 3.8) is 0 Å². The molecule has 0 atom stereocenters. The van der Waals surface area contributed by atoms with E-state index in [2.05, 4.69) is 21.2 Å². The molecule has 0 aliphatic rings. The highest BCUT2D eigenvalue weighted by molar-refractivity contribution is 9.10. The fourth-order valence-electron chi connectivity index (χ4n) is 1.91. The van der Waals surface area contributed by atoms with Gasteiger partial charge in [0.2, 0.25) is 0 Å². The lowest BCUT2D eigenvalue weighted by molar-refractivity contribution is 0.0945. The Labute approximate surface area is 133 Å². The first kappa shape index (κ1) is 15.6. The summed E-state index contributed by atoms with van der Waals surface area (Å²) in [7, 11) is 0. The summed E-state index contributed by atoms with van der Waals surface area (Å²) in [4.78, 5) is 12.4. The maximum atomic E-state index is 12.4. The van der Waals surface area contributed by atoms with E-state index in [0.717, 1.165) is 10.0 Å². The highest BCUT2D eigenvalue weighted by atomic mass is 79.9. The lowest BCUT2D eigenvalue weighted by Gasteiger charge is -2.14. The first-order valence-corrected chi connectivity index (χ1v) is 7.64. The van der Waals surface area contributed by atoms with E-state index in [1.54, 1.807) is 6.07 Å². The maximum absolute atomic E-state index is 12.4. The zero-order chi connectivity index (χ0) is 15.2. The second-order valence-electron chi connectivity index (χ2n) is 4.98. The van der Waals surface area contributed by atoms with Gasteiger partial charge in [-0.15, -0.1) is 0 Å². The molecule has 0 fully saturated rings. The lowest BCUT2D eigenvalue weighted by atomic mass is 10.1. The zero-order valence-electron chi connectivity index (χ0n) is 12.1. The molecule has 0 unspecified atom stereocenters. The van der Waals surface area contributed by atoms with Crippen LogP contribution >= 0.6 is 15.9 Å². The van der Waals surface area contributed by atoms with Crippen LogP contribution in [-0.4, -0.2) is 12.0 Å². The Bertz CT molecular complexity index is 611. The Hall–Kier alpha value is -1.81. The Kier molecular flexibility index (Phi) is 5.39. The number of nitrogens with one attached hydrogen (secondary N) is 1. The van der Waals surface area contributed by atoms with Crippen molar-refractivity contribution in [2.24, 2.45) is 0 Å². The number of rotatable bonds is 5. The summed E-state index contributed by atoms with van der Waals surface area (Å²) >= 11 is 3.39. The van der Waals surface area contributed by atoms with Crippen molar-refractivity contribution >= 4 is 21.8 Å². The molecule has 0 spiro atoms. The second-order valence-corrected chi connectivity index (χ2v) is 5.89. The van der Waals surface area contributed by atoms with E-state index in [1.165, 1.54) is 0 Å². The van der Waals surface area contributed by atoms with Gasteiger partial charge in [-0.2, -0.15) is 0 Å². The molecule has 0 aliphatic heterocycles. The average Bonchev–Trinajstić information content (AvgIpc) is 2.47. The summed E-state index contributed by atoms with van der Waals surface area (Å²) in [6.45, 7) is 4.37. The topological polar surface area (TPSA) is 38.3 Å². The summed E-state index contributed by atoms with van der Waals surface area (Å²) in [5.74, 6) is 0.453. The lowest BCUT2D eigenvalue weighted by Crippen LogP contribution is -2.24. The third-order valence-corrected chi connectivity index (χ3v) is 3.34. The molecule has 2 aromatic rings. The van der Waals surface area contributed by atoms with E-state index in [1.807, 2.05) is 56.3 Å². The number of ether oxygens (including phenoxy) is 1. The van der Waals surface area contributed by atoms with Gasteiger partial charge in [0.25, 0.3) is 5.91 Å². The first-order valence-electron chi connectivity index (χ1n) is 6.84. The van der Waals surface area contributed by atoms with E-state index >= 15 is 0 Å². The summed E-state index contributed by atoms with van der Waals surface area (Å²) < 4.78 is 6.54. The highest BCUT2D eigenvalue weighted by Crippen LogP contribution is 2.24. The molecule has 0 saturated heterocycles. The van der Waals surface area contributed by atoms with Crippen LogP contribution in [0.4, 0.5) is 0 Å². The zero-order valence-corrected chi connectivity index (χ0v) is 13.7. The number of hydrogen-bond donors (Lipinski definition) is 1. The van der Waals surface area contributed by atoms with Gasteiger partial charge in [-0.25, -0.2) is 0 Å². The predicted molar refractivity (Wildman–Crippen MR) is 87.5 cm³/mol. The molecule has 0 bridgehead atoms. The van der Waals surface area contributed by atoms with Crippen LogP contribution in [0.15, 0.2) is 53.0 Å². The molecule has 0 saturated carbocycles. The third kappa shape index (κ3) is 4.60. The van der Waals surface area contributed by atoms with Crippen molar-refractivity contribution in [3.8, 4) is 5.75 Å². The summed E-state index contributed by atoms with van der Waals surface area (Å²) in [5.41, 5.74) is 1.60. The molecule has 110 valence electrons. The van der Waals surface area contributed by atoms with Crippen molar-refractivity contribution in [3.05, 3.63) is 64.1 Å². The van der Waals surface area contributed by atoms with Crippen molar-refractivity contribution < 1.29 is 9.53 Å². The fourth-order valence-corrected chi connectivity index (χ4v) is 2.27. The SMILES string of the molecule is CC(C)Oc1ccc(Br)cc1C(=O)NCc1ccccc1. The Morgan fingerprint density at radius 1 is 1.19 bits per heavy atom. The van der Waals surface area contributed by atoms with Crippen LogP contribution in [-0.2, 0) is 6.54 Å². The Balaban J connectivity index is 2.12. The molecule has 2 aromatic carbocycles. The van der Waals surface area contributed by atoms with Crippen LogP contribution in [0.3, 0.4) is 0 Å². The normalized spacial score (nSPS) is 10.5. The Morgan fingerprint density at radius 3 is 2.57 bits per heavy atom. The number of hydrogen-bond acceptors (Lipinski definition) is 2. The maximum Gasteiger partial charge on any atom is 0.255 e. The molecule has 2 rings (SSSR count). The van der Waals surface area contributed by atoms with E-state index in [4.69, 9.17) is 4.74 Å². The first-order chi connectivity index (χ1) is 10.1. The van der Waals surface area contributed by atoms with Crippen LogP contribution in [0.2, 0.25) is 0 Å². The molecule has 4 heteroatoms. The van der Waals surface area contributed by atoms with E-state index < -0.39 is 0 Å². The van der Waals surface area contributed by atoms with Gasteiger partial charge in [-0.1, -0.05) is 46.3 Å². The summed E-state index contributed by atoms with van der Waals surface area (Å²) in [5, 5.41) is 2.92. The molecule has 0 aliphatic carbocycles. The van der Waals surface area contributed by atoms with Gasteiger partial charge in [0.1, 0.15) is 5.75 Å². The van der Waals surface area contributed by atoms with Crippen LogP contribution in [0.25, 0.3) is 0 Å². The van der Waals surface area contributed by atoms with Crippen LogP contribution in [0.5, 0.6) is 5.75 Å². The minimum Gasteiger partial charge on any atom is -0.490 e. The van der Waals surface area contributed by atoms with E-state index in [0.29, 0.717) is 17.9 Å². The molecule has 3 nitrogen and oxygen atoms in total. The van der Waals surface area contributed by atoms with E-state index in [-0.39, 0.29) is 12.0 Å². The Morgan fingerprint density at radius 2 is 1.90 bits per heavy atom. The van der Waals surface area contributed by atoms with Gasteiger partial charge in [0.15, 0.2) is 0 Å². The van der Waals surface area contributed by atoms with Crippen molar-refractivity contribution in [1.82, 2.24) is 5.32 Å². The number of carbonyl (C=O) groups is 1.